The number of hydrogen-bond acceptors (Lipinski definition) is 3. The molecule has 192 valence electrons. The van der Waals surface area contributed by atoms with Gasteiger partial charge in [0.05, 0.1) is 6.54 Å². The highest BCUT2D eigenvalue weighted by Crippen LogP contribution is 2.32. The maximum Gasteiger partial charge on any atom is 0.236 e. The number of likely N-dealkylation sites (N-methyl/N-ethyl adjacent to an activating group) is 1. The van der Waals surface area contributed by atoms with E-state index < -0.39 is 0 Å². The summed E-state index contributed by atoms with van der Waals surface area (Å²) in [5, 5.41) is 5.21. The molecule has 2 heterocycles. The molecule has 0 spiro atoms. The van der Waals surface area contributed by atoms with Gasteiger partial charge in [-0.15, -0.1) is 0 Å². The van der Waals surface area contributed by atoms with E-state index in [9.17, 15) is 4.79 Å². The van der Waals surface area contributed by atoms with Crippen molar-refractivity contribution in [1.82, 2.24) is 15.1 Å². The van der Waals surface area contributed by atoms with Crippen molar-refractivity contribution in [3.63, 3.8) is 0 Å². The first-order valence-electron chi connectivity index (χ1n) is 12.7. The number of likely N-dealkylation sites (tertiary alicyclic amines) is 2. The number of nitrogens with zero attached hydrogens (tertiary/aromatic N) is 2. The summed E-state index contributed by atoms with van der Waals surface area (Å²) in [5.41, 5.74) is 3.93. The highest BCUT2D eigenvalue weighted by Gasteiger charge is 2.25. The van der Waals surface area contributed by atoms with E-state index in [1.165, 1.54) is 50.0 Å². The monoisotopic (exact) mass is 537 g/mol. The molecule has 0 atom stereocenters. The highest BCUT2D eigenvalue weighted by molar-refractivity contribution is 6.35. The number of hydrogen-bond donors (Lipinski definition) is 1. The molecule has 0 unspecified atom stereocenters. The van der Waals surface area contributed by atoms with Gasteiger partial charge >= 0.3 is 0 Å². The lowest BCUT2D eigenvalue weighted by Crippen LogP contribution is -2.42. The molecule has 0 bridgehead atoms. The molecular weight excluding hydrogens is 501 g/mol. The minimum absolute atomic E-state index is 0.216. The van der Waals surface area contributed by atoms with E-state index in [2.05, 4.69) is 22.3 Å². The standard InChI is InChI=1S/C21H32ClN3O.C7H6Cl2/c1-23-16-21(26)25-13-8-17(9-14-25)20-7-6-19(22)15-18(20)5-4-12-24-10-2-3-11-24;1-5-2-3-6(8)4-7(5)9/h6-7,15,17,23H,2-5,8-14,16H2,1H3;2-4H,1H3. The van der Waals surface area contributed by atoms with Crippen LogP contribution in [0, 0.1) is 6.92 Å². The maximum atomic E-state index is 12.1. The Balaban J connectivity index is 0.000000320. The molecule has 2 aromatic carbocycles. The normalized spacial score (nSPS) is 16.8. The number of carbonyl (C=O) groups excluding carboxylic acids is 1. The smallest absolute Gasteiger partial charge is 0.236 e. The molecule has 2 fully saturated rings. The Morgan fingerprint density at radius 3 is 2.26 bits per heavy atom. The number of nitrogens with one attached hydrogen (secondary N) is 1. The van der Waals surface area contributed by atoms with Crippen LogP contribution in [0.25, 0.3) is 0 Å². The number of piperidine rings is 1. The second-order valence-electron chi connectivity index (χ2n) is 9.57. The van der Waals surface area contributed by atoms with E-state index in [0.717, 1.165) is 48.0 Å². The molecule has 0 aromatic heterocycles. The average Bonchev–Trinajstić information content (AvgIpc) is 3.36. The van der Waals surface area contributed by atoms with Crippen molar-refractivity contribution in [2.75, 3.05) is 46.3 Å². The summed E-state index contributed by atoms with van der Waals surface area (Å²) >= 11 is 17.7. The Labute approximate surface area is 225 Å². The van der Waals surface area contributed by atoms with Gasteiger partial charge in [-0.1, -0.05) is 46.9 Å². The van der Waals surface area contributed by atoms with Crippen LogP contribution in [0.5, 0.6) is 0 Å². The molecule has 2 aliphatic heterocycles. The van der Waals surface area contributed by atoms with Crippen LogP contribution in [0.15, 0.2) is 36.4 Å². The summed E-state index contributed by atoms with van der Waals surface area (Å²) in [6.07, 6.45) is 7.12. The SMILES string of the molecule is CNCC(=O)N1CCC(c2ccc(Cl)cc2CCCN2CCCC2)CC1.Cc1ccc(Cl)cc1Cl. The van der Waals surface area contributed by atoms with Gasteiger partial charge in [0.1, 0.15) is 0 Å². The van der Waals surface area contributed by atoms with Gasteiger partial charge in [0, 0.05) is 28.2 Å². The fourth-order valence-corrected chi connectivity index (χ4v) is 5.56. The highest BCUT2D eigenvalue weighted by atomic mass is 35.5. The number of rotatable bonds is 7. The molecule has 2 aliphatic rings. The Bertz CT molecular complexity index is 954. The first kappa shape index (κ1) is 28.3. The second-order valence-corrected chi connectivity index (χ2v) is 10.9. The summed E-state index contributed by atoms with van der Waals surface area (Å²) in [5.74, 6) is 0.764. The van der Waals surface area contributed by atoms with Crippen LogP contribution in [-0.2, 0) is 11.2 Å². The molecule has 1 amide bonds. The molecule has 0 saturated carbocycles. The van der Waals surface area contributed by atoms with Crippen LogP contribution in [0.2, 0.25) is 15.1 Å². The second kappa shape index (κ2) is 14.4. The molecule has 7 heteroatoms. The number of amides is 1. The van der Waals surface area contributed by atoms with Crippen LogP contribution in [0.4, 0.5) is 0 Å². The average molecular weight is 539 g/mol. The molecule has 2 aromatic rings. The van der Waals surface area contributed by atoms with Crippen molar-refractivity contribution in [3.8, 4) is 0 Å². The molecule has 35 heavy (non-hydrogen) atoms. The van der Waals surface area contributed by atoms with Crippen LogP contribution in [-0.4, -0.2) is 62.0 Å². The van der Waals surface area contributed by atoms with Crippen molar-refractivity contribution in [2.24, 2.45) is 0 Å². The zero-order chi connectivity index (χ0) is 25.2. The first-order chi connectivity index (χ1) is 16.9. The molecular formula is C28H38Cl3N3O. The Morgan fingerprint density at radius 1 is 0.971 bits per heavy atom. The van der Waals surface area contributed by atoms with Gasteiger partial charge in [-0.2, -0.15) is 0 Å². The first-order valence-corrected chi connectivity index (χ1v) is 13.9. The molecule has 0 aliphatic carbocycles. The predicted molar refractivity (Wildman–Crippen MR) is 149 cm³/mol. The third kappa shape index (κ3) is 8.94. The lowest BCUT2D eigenvalue weighted by Gasteiger charge is -2.33. The molecule has 1 N–H and O–H groups in total. The summed E-state index contributed by atoms with van der Waals surface area (Å²) in [6, 6.07) is 11.9. The lowest BCUT2D eigenvalue weighted by atomic mass is 9.85. The third-order valence-electron chi connectivity index (χ3n) is 6.97. The summed E-state index contributed by atoms with van der Waals surface area (Å²) in [7, 11) is 1.83. The van der Waals surface area contributed by atoms with Crippen molar-refractivity contribution in [1.29, 1.82) is 0 Å². The topological polar surface area (TPSA) is 35.6 Å². The fraction of sp³-hybridized carbons (Fsp3) is 0.536. The van der Waals surface area contributed by atoms with E-state index in [1.54, 1.807) is 6.07 Å². The minimum atomic E-state index is 0.216. The Kier molecular flexibility index (Phi) is 11.7. The third-order valence-corrected chi connectivity index (χ3v) is 7.85. The van der Waals surface area contributed by atoms with Gasteiger partial charge in [-0.3, -0.25) is 4.79 Å². The number of benzene rings is 2. The molecule has 4 nitrogen and oxygen atoms in total. The number of aryl methyl sites for hydroxylation is 2. The van der Waals surface area contributed by atoms with Crippen LogP contribution in [0.3, 0.4) is 0 Å². The van der Waals surface area contributed by atoms with Gasteiger partial charge < -0.3 is 15.1 Å². The van der Waals surface area contributed by atoms with Crippen molar-refractivity contribution >= 4 is 40.7 Å². The number of halogens is 3. The molecule has 0 radical (unpaired) electrons. The van der Waals surface area contributed by atoms with Crippen molar-refractivity contribution in [3.05, 3.63) is 68.2 Å². The van der Waals surface area contributed by atoms with Gasteiger partial charge in [-0.05, 0) is 119 Å². The molecule has 2 saturated heterocycles. The van der Waals surface area contributed by atoms with Crippen LogP contribution >= 0.6 is 34.8 Å². The van der Waals surface area contributed by atoms with Gasteiger partial charge in [0.2, 0.25) is 5.91 Å². The van der Waals surface area contributed by atoms with Crippen molar-refractivity contribution in [2.45, 2.75) is 51.4 Å². The fourth-order valence-electron chi connectivity index (χ4n) is 4.96. The van der Waals surface area contributed by atoms with E-state index in [0.29, 0.717) is 17.5 Å². The largest absolute Gasteiger partial charge is 0.342 e. The van der Waals surface area contributed by atoms with Crippen LogP contribution in [0.1, 0.15) is 54.7 Å². The zero-order valence-corrected chi connectivity index (χ0v) is 23.2. The number of carbonyl (C=O) groups is 1. The van der Waals surface area contributed by atoms with Crippen LogP contribution < -0.4 is 5.32 Å². The maximum absolute atomic E-state index is 12.1. The zero-order valence-electron chi connectivity index (χ0n) is 21.0. The Morgan fingerprint density at radius 2 is 1.63 bits per heavy atom. The predicted octanol–water partition coefficient (Wildman–Crippen LogP) is 6.60. The van der Waals surface area contributed by atoms with E-state index >= 15 is 0 Å². The van der Waals surface area contributed by atoms with Crippen molar-refractivity contribution < 1.29 is 4.79 Å². The summed E-state index contributed by atoms with van der Waals surface area (Å²) < 4.78 is 0. The Hall–Kier alpha value is -1.30. The summed E-state index contributed by atoms with van der Waals surface area (Å²) in [4.78, 5) is 16.6. The van der Waals surface area contributed by atoms with Gasteiger partial charge in [-0.25, -0.2) is 0 Å². The van der Waals surface area contributed by atoms with E-state index in [1.807, 2.05) is 37.1 Å². The van der Waals surface area contributed by atoms with E-state index in [4.69, 9.17) is 34.8 Å². The molecule has 4 rings (SSSR count). The quantitative estimate of drug-likeness (QED) is 0.432. The summed E-state index contributed by atoms with van der Waals surface area (Å²) in [6.45, 7) is 7.83. The van der Waals surface area contributed by atoms with Gasteiger partial charge in [0.25, 0.3) is 0 Å². The lowest BCUT2D eigenvalue weighted by molar-refractivity contribution is -0.131. The van der Waals surface area contributed by atoms with Gasteiger partial charge in [0.15, 0.2) is 0 Å². The van der Waals surface area contributed by atoms with E-state index in [-0.39, 0.29) is 5.91 Å². The minimum Gasteiger partial charge on any atom is -0.342 e.